The lowest BCUT2D eigenvalue weighted by Crippen LogP contribution is -2.24. The van der Waals surface area contributed by atoms with Gasteiger partial charge >= 0.3 is 0 Å². The summed E-state index contributed by atoms with van der Waals surface area (Å²) >= 11 is 5.99. The maximum absolute atomic E-state index is 12.5. The predicted octanol–water partition coefficient (Wildman–Crippen LogP) is 4.03. The molecule has 1 aliphatic rings. The van der Waals surface area contributed by atoms with Crippen molar-refractivity contribution in [3.8, 4) is 22.9 Å². The Balaban J connectivity index is 1.82. The van der Waals surface area contributed by atoms with Gasteiger partial charge in [-0.3, -0.25) is 4.79 Å². The minimum atomic E-state index is -0.200. The Morgan fingerprint density at radius 1 is 1.07 bits per heavy atom. The number of methoxy groups -OCH3 is 3. The fourth-order valence-electron chi connectivity index (χ4n) is 3.60. The van der Waals surface area contributed by atoms with E-state index in [4.69, 9.17) is 25.8 Å². The van der Waals surface area contributed by atoms with Crippen LogP contribution in [-0.2, 0) is 4.79 Å². The molecule has 0 spiro atoms. The van der Waals surface area contributed by atoms with Crippen LogP contribution in [0.1, 0.15) is 23.5 Å². The van der Waals surface area contributed by atoms with E-state index in [1.165, 1.54) is 0 Å². The summed E-state index contributed by atoms with van der Waals surface area (Å²) in [5.41, 5.74) is 2.60. The maximum atomic E-state index is 12.5. The van der Waals surface area contributed by atoms with E-state index >= 15 is 0 Å². The lowest BCUT2D eigenvalue weighted by molar-refractivity contribution is -0.116. The summed E-state index contributed by atoms with van der Waals surface area (Å²) in [6, 6.07) is 11.0. The van der Waals surface area contributed by atoms with Crippen LogP contribution in [0.3, 0.4) is 0 Å². The first-order valence-electron chi connectivity index (χ1n) is 8.99. The van der Waals surface area contributed by atoms with Crippen molar-refractivity contribution in [1.82, 2.24) is 9.78 Å². The first-order valence-corrected chi connectivity index (χ1v) is 9.37. The van der Waals surface area contributed by atoms with E-state index < -0.39 is 0 Å². The Morgan fingerprint density at radius 3 is 2.31 bits per heavy atom. The van der Waals surface area contributed by atoms with Crippen LogP contribution in [0.2, 0.25) is 5.02 Å². The minimum absolute atomic E-state index is 0.0908. The van der Waals surface area contributed by atoms with Gasteiger partial charge in [0, 0.05) is 22.9 Å². The van der Waals surface area contributed by atoms with Crippen LogP contribution < -0.4 is 19.5 Å². The van der Waals surface area contributed by atoms with Gasteiger partial charge < -0.3 is 19.5 Å². The molecule has 1 atom stereocenters. The summed E-state index contributed by atoms with van der Waals surface area (Å²) in [6.45, 7) is 0. The summed E-state index contributed by atoms with van der Waals surface area (Å²) in [5, 5.41) is 8.07. The molecule has 1 aliphatic heterocycles. The number of aromatic nitrogens is 2. The van der Waals surface area contributed by atoms with Crippen LogP contribution in [-0.4, -0.2) is 37.0 Å². The number of nitrogens with zero attached hydrogens (tertiary/aromatic N) is 2. The zero-order valence-corrected chi connectivity index (χ0v) is 17.0. The zero-order chi connectivity index (χ0) is 20.5. The number of carbonyl (C=O) groups is 1. The second kappa shape index (κ2) is 7.67. The van der Waals surface area contributed by atoms with Crippen molar-refractivity contribution >= 4 is 23.3 Å². The molecular formula is C21H20ClN3O4. The Labute approximate surface area is 173 Å². The van der Waals surface area contributed by atoms with Gasteiger partial charge in [0.2, 0.25) is 11.7 Å². The summed E-state index contributed by atoms with van der Waals surface area (Å²) in [4.78, 5) is 12.5. The molecule has 29 heavy (non-hydrogen) atoms. The van der Waals surface area contributed by atoms with E-state index in [2.05, 4.69) is 10.4 Å². The molecule has 0 radical (unpaired) electrons. The average molecular weight is 414 g/mol. The SMILES string of the molecule is COc1cc(C2CC(=O)Nc3c2cnn3-c2ccc(Cl)cc2)cc(OC)c1OC. The molecule has 1 unspecified atom stereocenters. The molecule has 2 aromatic carbocycles. The number of hydrogen-bond donors (Lipinski definition) is 1. The Morgan fingerprint density at radius 2 is 1.72 bits per heavy atom. The second-order valence-electron chi connectivity index (χ2n) is 6.60. The first kappa shape index (κ1) is 19.1. The fraction of sp³-hybridized carbons (Fsp3) is 0.238. The van der Waals surface area contributed by atoms with Crippen LogP contribution >= 0.6 is 11.6 Å². The van der Waals surface area contributed by atoms with Crippen LogP contribution in [0.25, 0.3) is 5.69 Å². The third-order valence-electron chi connectivity index (χ3n) is 4.98. The number of hydrogen-bond acceptors (Lipinski definition) is 5. The fourth-order valence-corrected chi connectivity index (χ4v) is 3.72. The Kier molecular flexibility index (Phi) is 5.07. The maximum Gasteiger partial charge on any atom is 0.226 e. The number of nitrogens with one attached hydrogen (secondary N) is 1. The van der Waals surface area contributed by atoms with Gasteiger partial charge in [0.15, 0.2) is 11.5 Å². The third-order valence-corrected chi connectivity index (χ3v) is 5.23. The van der Waals surface area contributed by atoms with E-state index in [0.29, 0.717) is 28.1 Å². The highest BCUT2D eigenvalue weighted by atomic mass is 35.5. The van der Waals surface area contributed by atoms with Crippen molar-refractivity contribution in [2.24, 2.45) is 0 Å². The molecular weight excluding hydrogens is 394 g/mol. The molecule has 7 nitrogen and oxygen atoms in total. The highest BCUT2D eigenvalue weighted by Crippen LogP contribution is 2.44. The van der Waals surface area contributed by atoms with Gasteiger partial charge in [-0.1, -0.05) is 11.6 Å². The number of carbonyl (C=O) groups excluding carboxylic acids is 1. The van der Waals surface area contributed by atoms with Crippen LogP contribution in [0, 0.1) is 0 Å². The van der Waals surface area contributed by atoms with E-state index in [-0.39, 0.29) is 18.2 Å². The van der Waals surface area contributed by atoms with Gasteiger partial charge in [-0.15, -0.1) is 0 Å². The normalized spacial score (nSPS) is 15.4. The topological polar surface area (TPSA) is 74.6 Å². The summed E-state index contributed by atoms with van der Waals surface area (Å²) in [5.74, 6) is 1.94. The molecule has 4 rings (SSSR count). The predicted molar refractivity (Wildman–Crippen MR) is 110 cm³/mol. The molecule has 0 aliphatic carbocycles. The van der Waals surface area contributed by atoms with Crippen molar-refractivity contribution < 1.29 is 19.0 Å². The number of benzene rings is 2. The molecule has 0 bridgehead atoms. The highest BCUT2D eigenvalue weighted by Gasteiger charge is 2.31. The molecule has 1 N–H and O–H groups in total. The van der Waals surface area contributed by atoms with E-state index in [1.54, 1.807) is 44.3 Å². The molecule has 1 aromatic heterocycles. The largest absolute Gasteiger partial charge is 0.493 e. The third kappa shape index (κ3) is 3.38. The molecule has 0 saturated carbocycles. The smallest absolute Gasteiger partial charge is 0.226 e. The van der Waals surface area contributed by atoms with Gasteiger partial charge in [-0.25, -0.2) is 4.68 Å². The van der Waals surface area contributed by atoms with Crippen LogP contribution in [0.4, 0.5) is 5.82 Å². The Bertz CT molecular complexity index is 1040. The van der Waals surface area contributed by atoms with E-state index in [9.17, 15) is 4.79 Å². The van der Waals surface area contributed by atoms with Gasteiger partial charge in [-0.2, -0.15) is 5.10 Å². The van der Waals surface area contributed by atoms with Crippen molar-refractivity contribution in [1.29, 1.82) is 0 Å². The molecule has 150 valence electrons. The van der Waals surface area contributed by atoms with Gasteiger partial charge in [-0.05, 0) is 42.0 Å². The quantitative estimate of drug-likeness (QED) is 0.683. The van der Waals surface area contributed by atoms with Crippen molar-refractivity contribution in [2.45, 2.75) is 12.3 Å². The first-order chi connectivity index (χ1) is 14.0. The molecule has 1 amide bonds. The summed E-state index contributed by atoms with van der Waals surface area (Å²) < 4.78 is 18.1. The van der Waals surface area contributed by atoms with E-state index in [0.717, 1.165) is 16.8 Å². The molecule has 2 heterocycles. The standard InChI is InChI=1S/C21H20ClN3O4/c1-27-17-8-12(9-18(28-2)20(17)29-3)15-10-19(26)24-21-16(15)11-23-25(21)14-6-4-13(22)5-7-14/h4-9,11,15H,10H2,1-3H3,(H,24,26). The monoisotopic (exact) mass is 413 g/mol. The lowest BCUT2D eigenvalue weighted by Gasteiger charge is -2.25. The van der Waals surface area contributed by atoms with Gasteiger partial charge in [0.25, 0.3) is 0 Å². The lowest BCUT2D eigenvalue weighted by atomic mass is 9.87. The van der Waals surface area contributed by atoms with Crippen molar-refractivity contribution in [3.05, 3.63) is 58.7 Å². The number of halogens is 1. The average Bonchev–Trinajstić information content (AvgIpc) is 3.16. The molecule has 0 fully saturated rings. The molecule has 3 aromatic rings. The number of fused-ring (bicyclic) bond motifs is 1. The number of rotatable bonds is 5. The molecule has 8 heteroatoms. The van der Waals surface area contributed by atoms with Crippen LogP contribution in [0.15, 0.2) is 42.6 Å². The summed E-state index contributed by atoms with van der Waals surface area (Å²) in [6.07, 6.45) is 2.06. The van der Waals surface area contributed by atoms with Gasteiger partial charge in [0.05, 0.1) is 33.2 Å². The second-order valence-corrected chi connectivity index (χ2v) is 7.04. The van der Waals surface area contributed by atoms with Crippen molar-refractivity contribution in [3.63, 3.8) is 0 Å². The number of anilines is 1. The Hall–Kier alpha value is -3.19. The number of ether oxygens (including phenoxy) is 3. The minimum Gasteiger partial charge on any atom is -0.493 e. The summed E-state index contributed by atoms with van der Waals surface area (Å²) in [7, 11) is 4.69. The zero-order valence-electron chi connectivity index (χ0n) is 16.2. The van der Waals surface area contributed by atoms with E-state index in [1.807, 2.05) is 24.3 Å². The van der Waals surface area contributed by atoms with Crippen molar-refractivity contribution in [2.75, 3.05) is 26.6 Å². The van der Waals surface area contributed by atoms with Gasteiger partial charge in [0.1, 0.15) is 5.82 Å². The highest BCUT2D eigenvalue weighted by molar-refractivity contribution is 6.30. The molecule has 0 saturated heterocycles. The van der Waals surface area contributed by atoms with Crippen LogP contribution in [0.5, 0.6) is 17.2 Å². The number of amides is 1.